The number of hydrogen-bond acceptors (Lipinski definition) is 0. The van der Waals surface area contributed by atoms with Gasteiger partial charge in [-0.15, -0.1) is 0 Å². The summed E-state index contributed by atoms with van der Waals surface area (Å²) in [5, 5.41) is 0. The summed E-state index contributed by atoms with van der Waals surface area (Å²) < 4.78 is 0. The largest absolute Gasteiger partial charge is 0.0683 e. The highest BCUT2D eigenvalue weighted by Crippen LogP contribution is 2.15. The molecule has 1 radical (unpaired) electrons. The van der Waals surface area contributed by atoms with E-state index >= 15 is 0 Å². The minimum atomic E-state index is 0. The summed E-state index contributed by atoms with van der Waals surface area (Å²) in [6.45, 7) is 0. The predicted molar refractivity (Wildman–Crippen MR) is 34.1 cm³/mol. The van der Waals surface area contributed by atoms with E-state index in [9.17, 15) is 0 Å². The van der Waals surface area contributed by atoms with Gasteiger partial charge in [0.25, 0.3) is 0 Å². The molecule has 0 aromatic rings. The molecule has 1 aliphatic rings. The fraction of sp³-hybridized carbons (Fsp3) is 0.857. The molecule has 7 heavy (non-hydrogen) atoms. The van der Waals surface area contributed by atoms with E-state index in [1.165, 1.54) is 38.5 Å². The SMILES string of the molecule is C1CCCCC1.[CH3]. The van der Waals surface area contributed by atoms with E-state index in [-0.39, 0.29) is 7.43 Å². The first-order chi connectivity index (χ1) is 3.00. The van der Waals surface area contributed by atoms with E-state index in [2.05, 4.69) is 0 Å². The molecule has 0 heterocycles. The van der Waals surface area contributed by atoms with Crippen LogP contribution in [0.3, 0.4) is 0 Å². The molecular weight excluding hydrogens is 84.1 g/mol. The first-order valence-electron chi connectivity index (χ1n) is 3.00. The fourth-order valence-corrected chi connectivity index (χ4v) is 1.06. The zero-order chi connectivity index (χ0) is 4.24. The van der Waals surface area contributed by atoms with Crippen LogP contribution < -0.4 is 0 Å². The maximum absolute atomic E-state index is 1.50. The van der Waals surface area contributed by atoms with Crippen molar-refractivity contribution in [1.29, 1.82) is 0 Å². The molecule has 1 rings (SSSR count). The third-order valence-electron chi connectivity index (χ3n) is 1.50. The molecule has 0 saturated heterocycles. The summed E-state index contributed by atoms with van der Waals surface area (Å²) in [5.41, 5.74) is 0. The Balaban J connectivity index is 0.000000360. The van der Waals surface area contributed by atoms with Gasteiger partial charge in [-0.1, -0.05) is 46.0 Å². The zero-order valence-corrected chi connectivity index (χ0v) is 5.24. The van der Waals surface area contributed by atoms with Gasteiger partial charge in [0.1, 0.15) is 0 Å². The second kappa shape index (κ2) is 4.17. The van der Waals surface area contributed by atoms with Gasteiger partial charge in [-0.05, 0) is 0 Å². The highest BCUT2D eigenvalue weighted by Gasteiger charge is 1.95. The van der Waals surface area contributed by atoms with Crippen LogP contribution in [0, 0.1) is 7.43 Å². The van der Waals surface area contributed by atoms with Gasteiger partial charge >= 0.3 is 0 Å². The maximum Gasteiger partial charge on any atom is -0.0533 e. The summed E-state index contributed by atoms with van der Waals surface area (Å²) in [4.78, 5) is 0. The van der Waals surface area contributed by atoms with Crippen LogP contribution in [0.2, 0.25) is 0 Å². The van der Waals surface area contributed by atoms with Gasteiger partial charge < -0.3 is 0 Å². The van der Waals surface area contributed by atoms with Crippen molar-refractivity contribution in [2.75, 3.05) is 0 Å². The topological polar surface area (TPSA) is 0 Å². The Labute approximate surface area is 46.9 Å². The van der Waals surface area contributed by atoms with Gasteiger partial charge in [-0.3, -0.25) is 0 Å². The van der Waals surface area contributed by atoms with Crippen molar-refractivity contribution in [3.8, 4) is 0 Å². The Morgan fingerprint density at radius 2 is 0.571 bits per heavy atom. The maximum atomic E-state index is 1.50. The zero-order valence-electron chi connectivity index (χ0n) is 5.24. The molecule has 0 spiro atoms. The molecule has 0 atom stereocenters. The second-order valence-corrected chi connectivity index (χ2v) is 2.12. The molecule has 0 nitrogen and oxygen atoms in total. The monoisotopic (exact) mass is 99.1 g/mol. The Kier molecular flexibility index (Phi) is 4.17. The van der Waals surface area contributed by atoms with Crippen molar-refractivity contribution in [3.05, 3.63) is 7.43 Å². The number of rotatable bonds is 0. The molecule has 0 aromatic carbocycles. The van der Waals surface area contributed by atoms with Gasteiger partial charge in [0, 0.05) is 0 Å². The lowest BCUT2D eigenvalue weighted by Crippen LogP contribution is -1.85. The van der Waals surface area contributed by atoms with Crippen LogP contribution in [0.25, 0.3) is 0 Å². The minimum Gasteiger partial charge on any atom is -0.0683 e. The molecule has 0 aromatic heterocycles. The quantitative estimate of drug-likeness (QED) is 0.438. The van der Waals surface area contributed by atoms with E-state index < -0.39 is 0 Å². The predicted octanol–water partition coefficient (Wildman–Crippen LogP) is 2.79. The highest BCUT2D eigenvalue weighted by atomic mass is 14.0. The summed E-state index contributed by atoms with van der Waals surface area (Å²) in [7, 11) is 0. The lowest BCUT2D eigenvalue weighted by atomic mass is 10.0. The van der Waals surface area contributed by atoms with Crippen LogP contribution in [0.5, 0.6) is 0 Å². The van der Waals surface area contributed by atoms with Crippen molar-refractivity contribution in [2.45, 2.75) is 38.5 Å². The third-order valence-corrected chi connectivity index (χ3v) is 1.50. The standard InChI is InChI=1S/C6H12.CH3/c1-2-4-6-5-3-1;/h1-6H2;1H3. The van der Waals surface area contributed by atoms with Crippen LogP contribution in [0.4, 0.5) is 0 Å². The van der Waals surface area contributed by atoms with Crippen molar-refractivity contribution in [2.24, 2.45) is 0 Å². The smallest absolute Gasteiger partial charge is 0.0533 e. The second-order valence-electron chi connectivity index (χ2n) is 2.12. The Hall–Kier alpha value is 0. The van der Waals surface area contributed by atoms with E-state index in [1.54, 1.807) is 0 Å². The van der Waals surface area contributed by atoms with Crippen LogP contribution in [-0.4, -0.2) is 0 Å². The summed E-state index contributed by atoms with van der Waals surface area (Å²) in [5.74, 6) is 0. The average molecular weight is 99.2 g/mol. The summed E-state index contributed by atoms with van der Waals surface area (Å²) >= 11 is 0. The van der Waals surface area contributed by atoms with E-state index in [1.807, 2.05) is 0 Å². The van der Waals surface area contributed by atoms with Gasteiger partial charge in [-0.25, -0.2) is 0 Å². The molecular formula is C7H15. The minimum absolute atomic E-state index is 0. The first-order valence-corrected chi connectivity index (χ1v) is 3.00. The summed E-state index contributed by atoms with van der Waals surface area (Å²) in [6.07, 6.45) is 9.00. The van der Waals surface area contributed by atoms with Crippen LogP contribution in [0.1, 0.15) is 38.5 Å². The molecule has 43 valence electrons. The van der Waals surface area contributed by atoms with Crippen LogP contribution in [-0.2, 0) is 0 Å². The van der Waals surface area contributed by atoms with Crippen molar-refractivity contribution >= 4 is 0 Å². The van der Waals surface area contributed by atoms with E-state index in [0.717, 1.165) is 0 Å². The lowest BCUT2D eigenvalue weighted by Gasteiger charge is -2.05. The molecule has 0 N–H and O–H groups in total. The fourth-order valence-electron chi connectivity index (χ4n) is 1.06. The molecule has 0 unspecified atom stereocenters. The van der Waals surface area contributed by atoms with Crippen LogP contribution >= 0.6 is 0 Å². The first kappa shape index (κ1) is 7.00. The van der Waals surface area contributed by atoms with Crippen LogP contribution in [0.15, 0.2) is 0 Å². The van der Waals surface area contributed by atoms with Gasteiger partial charge in [0.2, 0.25) is 0 Å². The Morgan fingerprint density at radius 3 is 0.714 bits per heavy atom. The van der Waals surface area contributed by atoms with Gasteiger partial charge in [-0.2, -0.15) is 0 Å². The molecule has 1 aliphatic carbocycles. The van der Waals surface area contributed by atoms with Crippen molar-refractivity contribution in [3.63, 3.8) is 0 Å². The van der Waals surface area contributed by atoms with Gasteiger partial charge in [0.15, 0.2) is 0 Å². The molecule has 1 fully saturated rings. The highest BCUT2D eigenvalue weighted by molar-refractivity contribution is 4.51. The lowest BCUT2D eigenvalue weighted by molar-refractivity contribution is 0.504. The number of hydrogen-bond donors (Lipinski definition) is 0. The normalized spacial score (nSPS) is 20.6. The molecule has 1 saturated carbocycles. The average Bonchev–Trinajstić information content (AvgIpc) is 1.72. The van der Waals surface area contributed by atoms with E-state index in [0.29, 0.717) is 0 Å². The third kappa shape index (κ3) is 2.67. The molecule has 0 heteroatoms. The van der Waals surface area contributed by atoms with Crippen molar-refractivity contribution in [1.82, 2.24) is 0 Å². The summed E-state index contributed by atoms with van der Waals surface area (Å²) in [6, 6.07) is 0. The molecule has 0 amide bonds. The van der Waals surface area contributed by atoms with Gasteiger partial charge in [0.05, 0.1) is 0 Å². The molecule has 0 bridgehead atoms. The molecule has 0 aliphatic heterocycles. The Morgan fingerprint density at radius 1 is 0.429 bits per heavy atom. The van der Waals surface area contributed by atoms with E-state index in [4.69, 9.17) is 0 Å². The van der Waals surface area contributed by atoms with Crippen molar-refractivity contribution < 1.29 is 0 Å². The Bertz CT molecular complexity index is 15.5.